The number of urea groups is 1. The fraction of sp³-hybridized carbons (Fsp3) is 0.162. The Labute approximate surface area is 278 Å². The van der Waals surface area contributed by atoms with Crippen molar-refractivity contribution in [3.63, 3.8) is 0 Å². The maximum absolute atomic E-state index is 13.4. The predicted octanol–water partition coefficient (Wildman–Crippen LogP) is 8.39. The van der Waals surface area contributed by atoms with Crippen molar-refractivity contribution in [3.8, 4) is 17.3 Å². The molecular formula is C37H35N7O4. The van der Waals surface area contributed by atoms with Crippen LogP contribution in [0.5, 0.6) is 11.6 Å². The lowest BCUT2D eigenvalue weighted by Crippen LogP contribution is -2.21. The van der Waals surface area contributed by atoms with E-state index < -0.39 is 12.0 Å². The highest BCUT2D eigenvalue weighted by Gasteiger charge is 2.22. The third kappa shape index (κ3) is 7.10. The van der Waals surface area contributed by atoms with Gasteiger partial charge in [-0.15, -0.1) is 0 Å². The number of carbonyl (C=O) groups excluding carboxylic acids is 2. The van der Waals surface area contributed by atoms with Gasteiger partial charge in [-0.2, -0.15) is 10.1 Å². The highest BCUT2D eigenvalue weighted by molar-refractivity contribution is 6.07. The second-order valence-electron chi connectivity index (χ2n) is 12.2. The van der Waals surface area contributed by atoms with Crippen molar-refractivity contribution >= 4 is 45.9 Å². The van der Waals surface area contributed by atoms with Crippen LogP contribution >= 0.6 is 0 Å². The quantitative estimate of drug-likeness (QED) is 0.141. The van der Waals surface area contributed by atoms with E-state index in [0.29, 0.717) is 34.4 Å². The number of carbonyl (C=O) groups is 2. The molecule has 0 saturated heterocycles. The molecule has 48 heavy (non-hydrogen) atoms. The van der Waals surface area contributed by atoms with E-state index in [1.807, 2.05) is 61.5 Å². The normalized spacial score (nSPS) is 11.2. The fourth-order valence-electron chi connectivity index (χ4n) is 5.00. The van der Waals surface area contributed by atoms with E-state index in [9.17, 15) is 9.59 Å². The zero-order valence-electron chi connectivity index (χ0n) is 27.2. The van der Waals surface area contributed by atoms with Gasteiger partial charge in [0.15, 0.2) is 0 Å². The molecule has 0 spiro atoms. The third-order valence-electron chi connectivity index (χ3n) is 7.51. The smallest absolute Gasteiger partial charge is 0.337 e. The summed E-state index contributed by atoms with van der Waals surface area (Å²) in [6, 6.07) is 29.1. The van der Waals surface area contributed by atoms with E-state index >= 15 is 0 Å². The van der Waals surface area contributed by atoms with Crippen LogP contribution in [0.25, 0.3) is 16.5 Å². The number of rotatable bonds is 8. The Hall–Kier alpha value is -6.23. The summed E-state index contributed by atoms with van der Waals surface area (Å²) < 4.78 is 12.8. The number of fused-ring (bicyclic) bond motifs is 1. The van der Waals surface area contributed by atoms with Gasteiger partial charge in [-0.25, -0.2) is 19.3 Å². The molecule has 11 heteroatoms. The van der Waals surface area contributed by atoms with Crippen LogP contribution in [-0.2, 0) is 10.2 Å². The van der Waals surface area contributed by atoms with Crippen LogP contribution in [0, 0.1) is 6.92 Å². The summed E-state index contributed by atoms with van der Waals surface area (Å²) in [5.41, 5.74) is 4.22. The van der Waals surface area contributed by atoms with Crippen molar-refractivity contribution < 1.29 is 19.1 Å². The summed E-state index contributed by atoms with van der Waals surface area (Å²) >= 11 is 0. The molecule has 0 bridgehead atoms. The summed E-state index contributed by atoms with van der Waals surface area (Å²) in [5.74, 6) is 1.24. The van der Waals surface area contributed by atoms with Crippen LogP contribution in [0.15, 0.2) is 103 Å². The van der Waals surface area contributed by atoms with Crippen molar-refractivity contribution in [2.24, 2.45) is 0 Å². The number of hydrogen-bond acceptors (Lipinski definition) is 8. The molecule has 0 unspecified atom stereocenters. The Balaban J connectivity index is 1.22. The summed E-state index contributed by atoms with van der Waals surface area (Å²) in [5, 5.41) is 15.4. The Kier molecular flexibility index (Phi) is 8.76. The van der Waals surface area contributed by atoms with E-state index in [1.54, 1.807) is 53.3 Å². The number of nitrogens with zero attached hydrogens (tertiary/aromatic N) is 4. The molecule has 0 aliphatic heterocycles. The Morgan fingerprint density at radius 1 is 0.833 bits per heavy atom. The van der Waals surface area contributed by atoms with Gasteiger partial charge < -0.3 is 20.1 Å². The molecule has 0 aliphatic carbocycles. The summed E-state index contributed by atoms with van der Waals surface area (Å²) in [6.45, 7) is 8.27. The molecule has 0 saturated carbocycles. The maximum atomic E-state index is 13.4. The van der Waals surface area contributed by atoms with Crippen LogP contribution in [0.2, 0.25) is 0 Å². The maximum Gasteiger partial charge on any atom is 0.337 e. The van der Waals surface area contributed by atoms with Gasteiger partial charge in [-0.05, 0) is 49.4 Å². The molecule has 2 aromatic heterocycles. The van der Waals surface area contributed by atoms with Crippen molar-refractivity contribution in [3.05, 3.63) is 120 Å². The minimum atomic E-state index is -0.442. The number of methoxy groups -OCH3 is 1. The Bertz CT molecular complexity index is 2120. The van der Waals surface area contributed by atoms with Gasteiger partial charge in [-0.3, -0.25) is 5.32 Å². The molecule has 242 valence electrons. The molecule has 0 radical (unpaired) electrons. The molecule has 6 aromatic rings. The highest BCUT2D eigenvalue weighted by atomic mass is 16.5. The first-order chi connectivity index (χ1) is 23.1. The van der Waals surface area contributed by atoms with Gasteiger partial charge in [0, 0.05) is 40.2 Å². The van der Waals surface area contributed by atoms with Gasteiger partial charge >= 0.3 is 12.0 Å². The van der Waals surface area contributed by atoms with Crippen LogP contribution in [0.3, 0.4) is 0 Å². The van der Waals surface area contributed by atoms with E-state index in [2.05, 4.69) is 46.7 Å². The van der Waals surface area contributed by atoms with Gasteiger partial charge in [-0.1, -0.05) is 68.8 Å². The van der Waals surface area contributed by atoms with Crippen LogP contribution in [0.1, 0.15) is 42.4 Å². The van der Waals surface area contributed by atoms with Gasteiger partial charge in [0.2, 0.25) is 11.8 Å². The largest absolute Gasteiger partial charge is 0.465 e. The fourth-order valence-corrected chi connectivity index (χ4v) is 5.00. The molecule has 0 atom stereocenters. The molecular weight excluding hydrogens is 606 g/mol. The summed E-state index contributed by atoms with van der Waals surface area (Å²) in [7, 11) is 1.33. The van der Waals surface area contributed by atoms with Gasteiger partial charge in [0.25, 0.3) is 0 Å². The molecule has 0 fully saturated rings. The number of ether oxygens (including phenoxy) is 2. The lowest BCUT2D eigenvalue weighted by atomic mass is 9.92. The summed E-state index contributed by atoms with van der Waals surface area (Å²) in [6.07, 6.45) is 1.57. The van der Waals surface area contributed by atoms with Crippen molar-refractivity contribution in [1.82, 2.24) is 19.7 Å². The lowest BCUT2D eigenvalue weighted by molar-refractivity contribution is 0.0600. The molecule has 6 rings (SSSR count). The first-order valence-corrected chi connectivity index (χ1v) is 15.3. The van der Waals surface area contributed by atoms with Gasteiger partial charge in [0.1, 0.15) is 11.6 Å². The number of benzene rings is 4. The van der Waals surface area contributed by atoms with Crippen LogP contribution < -0.4 is 20.7 Å². The molecule has 2 heterocycles. The molecule has 0 aliphatic rings. The Morgan fingerprint density at radius 3 is 2.35 bits per heavy atom. The van der Waals surface area contributed by atoms with Crippen molar-refractivity contribution in [1.29, 1.82) is 0 Å². The van der Waals surface area contributed by atoms with Gasteiger partial charge in [0.05, 0.1) is 29.7 Å². The predicted molar refractivity (Wildman–Crippen MR) is 187 cm³/mol. The average Bonchev–Trinajstić information content (AvgIpc) is 3.50. The van der Waals surface area contributed by atoms with E-state index in [0.717, 1.165) is 27.7 Å². The first kappa shape index (κ1) is 31.7. The number of aromatic nitrogens is 4. The number of esters is 1. The first-order valence-electron chi connectivity index (χ1n) is 15.3. The standard InChI is InChI=1S/C37H35N7O4/c1-23-13-15-26(16-14-23)44-32(22-31(43-44)37(2,3)4)41-36(46)40-29-17-18-30(28-12-7-6-11-27(28)29)48-33-19-20-38-35(42-33)39-25-10-8-9-24(21-25)34(45)47-5/h6-22H,1-5H3,(H,38,39,42)(H2,40,41,46). The third-order valence-corrected chi connectivity index (χ3v) is 7.51. The molecule has 11 nitrogen and oxygen atoms in total. The van der Waals surface area contributed by atoms with Crippen LogP contribution in [0.4, 0.5) is 27.9 Å². The minimum Gasteiger partial charge on any atom is -0.465 e. The van der Waals surface area contributed by atoms with E-state index in [4.69, 9.17) is 14.6 Å². The summed E-state index contributed by atoms with van der Waals surface area (Å²) in [4.78, 5) is 34.1. The zero-order chi connectivity index (χ0) is 33.8. The Morgan fingerprint density at radius 2 is 1.60 bits per heavy atom. The van der Waals surface area contributed by atoms with Crippen molar-refractivity contribution in [2.75, 3.05) is 23.1 Å². The second kappa shape index (κ2) is 13.2. The molecule has 4 aromatic carbocycles. The number of amides is 2. The molecule has 3 N–H and O–H groups in total. The average molecular weight is 642 g/mol. The zero-order valence-corrected chi connectivity index (χ0v) is 27.2. The second-order valence-corrected chi connectivity index (χ2v) is 12.2. The number of aryl methyl sites for hydroxylation is 1. The number of nitrogens with one attached hydrogen (secondary N) is 3. The highest BCUT2D eigenvalue weighted by Crippen LogP contribution is 2.34. The van der Waals surface area contributed by atoms with Crippen LogP contribution in [-0.4, -0.2) is 38.9 Å². The monoisotopic (exact) mass is 641 g/mol. The minimum absolute atomic E-state index is 0.217. The SMILES string of the molecule is COC(=O)c1cccc(Nc2nccc(Oc3ccc(NC(=O)Nc4cc(C(C)(C)C)nn4-c4ccc(C)cc4)c4ccccc34)n2)c1. The van der Waals surface area contributed by atoms with E-state index in [-0.39, 0.29) is 11.4 Å². The topological polar surface area (TPSA) is 132 Å². The number of hydrogen-bond donors (Lipinski definition) is 3. The number of anilines is 4. The lowest BCUT2D eigenvalue weighted by Gasteiger charge is -2.14. The molecule has 2 amide bonds. The van der Waals surface area contributed by atoms with Crippen molar-refractivity contribution in [2.45, 2.75) is 33.1 Å². The van der Waals surface area contributed by atoms with E-state index in [1.165, 1.54) is 7.11 Å².